The highest BCUT2D eigenvalue weighted by Gasteiger charge is 2.26. The summed E-state index contributed by atoms with van der Waals surface area (Å²) in [7, 11) is 0. The molecule has 1 amide bonds. The van der Waals surface area contributed by atoms with Crippen molar-refractivity contribution in [3.8, 4) is 11.5 Å². The average Bonchev–Trinajstić information content (AvgIpc) is 2.73. The zero-order valence-corrected chi connectivity index (χ0v) is 13.3. The quantitative estimate of drug-likeness (QED) is 0.863. The summed E-state index contributed by atoms with van der Waals surface area (Å²) < 4.78 is 11.4. The molecule has 2 aliphatic rings. The number of hydrogen-bond acceptors (Lipinski definition) is 3. The van der Waals surface area contributed by atoms with E-state index in [9.17, 15) is 4.79 Å². The third kappa shape index (κ3) is 3.47. The van der Waals surface area contributed by atoms with Gasteiger partial charge in [0.25, 0.3) is 0 Å². The van der Waals surface area contributed by atoms with Crippen LogP contribution in [0.25, 0.3) is 0 Å². The standard InChI is InChI=1S/C16H21ClN2O3/c17-13-8-11(9-14-15(13)22-7-1-6-21-14)10-19-4-2-12(3-5-19)16(18)20/h8-9,12H,1-7,10H2,(H2,18,20)/p+1. The van der Waals surface area contributed by atoms with Gasteiger partial charge in [0.15, 0.2) is 11.5 Å². The van der Waals surface area contributed by atoms with Crippen LogP contribution in [-0.4, -0.2) is 32.2 Å². The second kappa shape index (κ2) is 6.75. The molecule has 1 saturated heterocycles. The van der Waals surface area contributed by atoms with Gasteiger partial charge in [0.05, 0.1) is 31.3 Å². The highest BCUT2D eigenvalue weighted by Crippen LogP contribution is 2.37. The van der Waals surface area contributed by atoms with Gasteiger partial charge in [0, 0.05) is 30.7 Å². The minimum atomic E-state index is -0.169. The van der Waals surface area contributed by atoms with Gasteiger partial charge in [0.1, 0.15) is 6.54 Å². The van der Waals surface area contributed by atoms with Gasteiger partial charge >= 0.3 is 0 Å². The molecule has 0 radical (unpaired) electrons. The first kappa shape index (κ1) is 15.4. The summed E-state index contributed by atoms with van der Waals surface area (Å²) in [6, 6.07) is 3.99. The van der Waals surface area contributed by atoms with Crippen molar-refractivity contribution in [2.45, 2.75) is 25.8 Å². The van der Waals surface area contributed by atoms with E-state index in [2.05, 4.69) is 0 Å². The molecule has 1 aromatic rings. The highest BCUT2D eigenvalue weighted by atomic mass is 35.5. The van der Waals surface area contributed by atoms with Crippen LogP contribution in [0.2, 0.25) is 5.02 Å². The van der Waals surface area contributed by atoms with Crippen LogP contribution in [0.3, 0.4) is 0 Å². The third-order valence-electron chi connectivity index (χ3n) is 4.41. The number of carbonyl (C=O) groups excluding carboxylic acids is 1. The molecule has 0 atom stereocenters. The monoisotopic (exact) mass is 325 g/mol. The van der Waals surface area contributed by atoms with E-state index in [-0.39, 0.29) is 11.8 Å². The topological polar surface area (TPSA) is 66.0 Å². The highest BCUT2D eigenvalue weighted by molar-refractivity contribution is 6.32. The molecule has 5 nitrogen and oxygen atoms in total. The van der Waals surface area contributed by atoms with Gasteiger partial charge in [-0.25, -0.2) is 0 Å². The van der Waals surface area contributed by atoms with Crippen molar-refractivity contribution in [3.63, 3.8) is 0 Å². The number of primary amides is 1. The van der Waals surface area contributed by atoms with E-state index < -0.39 is 0 Å². The molecule has 1 fully saturated rings. The molecule has 0 bridgehead atoms. The van der Waals surface area contributed by atoms with Crippen LogP contribution >= 0.6 is 11.6 Å². The number of halogens is 1. The van der Waals surface area contributed by atoms with Crippen molar-refractivity contribution in [2.24, 2.45) is 11.7 Å². The van der Waals surface area contributed by atoms with E-state index in [0.717, 1.165) is 50.2 Å². The van der Waals surface area contributed by atoms with Crippen molar-refractivity contribution >= 4 is 17.5 Å². The lowest BCUT2D eigenvalue weighted by atomic mass is 9.96. The molecule has 2 aliphatic heterocycles. The van der Waals surface area contributed by atoms with Crippen LogP contribution in [0.4, 0.5) is 0 Å². The maximum absolute atomic E-state index is 11.2. The molecule has 6 heteroatoms. The number of likely N-dealkylation sites (tertiary alicyclic amines) is 1. The van der Waals surface area contributed by atoms with Crippen LogP contribution in [0.1, 0.15) is 24.8 Å². The van der Waals surface area contributed by atoms with Crippen LogP contribution in [0.5, 0.6) is 11.5 Å². The fourth-order valence-corrected chi connectivity index (χ4v) is 3.45. The van der Waals surface area contributed by atoms with E-state index in [1.54, 1.807) is 0 Å². The summed E-state index contributed by atoms with van der Waals surface area (Å²) in [5, 5.41) is 0.612. The Labute approximate surface area is 135 Å². The molecule has 2 heterocycles. The van der Waals surface area contributed by atoms with Crippen molar-refractivity contribution in [1.29, 1.82) is 0 Å². The molecule has 120 valence electrons. The summed E-state index contributed by atoms with van der Waals surface area (Å²) >= 11 is 6.33. The minimum Gasteiger partial charge on any atom is -0.489 e. The second-order valence-corrected chi connectivity index (χ2v) is 6.47. The number of quaternary nitrogens is 1. The van der Waals surface area contributed by atoms with Crippen molar-refractivity contribution in [3.05, 3.63) is 22.7 Å². The molecule has 0 spiro atoms. The molecule has 0 aromatic heterocycles. The van der Waals surface area contributed by atoms with Crippen LogP contribution in [0.15, 0.2) is 12.1 Å². The van der Waals surface area contributed by atoms with Gasteiger partial charge in [-0.05, 0) is 12.1 Å². The number of piperidine rings is 1. The van der Waals surface area contributed by atoms with Gasteiger partial charge in [-0.3, -0.25) is 4.79 Å². The van der Waals surface area contributed by atoms with E-state index >= 15 is 0 Å². The number of nitrogens with two attached hydrogens (primary N) is 1. The fraction of sp³-hybridized carbons (Fsp3) is 0.562. The molecule has 22 heavy (non-hydrogen) atoms. The summed E-state index contributed by atoms with van der Waals surface area (Å²) in [5.74, 6) is 1.27. The Morgan fingerprint density at radius 1 is 1.27 bits per heavy atom. The first-order valence-corrected chi connectivity index (χ1v) is 8.22. The third-order valence-corrected chi connectivity index (χ3v) is 4.69. The molecule has 0 aliphatic carbocycles. The van der Waals surface area contributed by atoms with E-state index in [0.29, 0.717) is 24.0 Å². The van der Waals surface area contributed by atoms with Crippen LogP contribution < -0.4 is 20.1 Å². The van der Waals surface area contributed by atoms with Gasteiger partial charge in [-0.1, -0.05) is 11.6 Å². The number of carbonyl (C=O) groups is 1. The molecule has 0 unspecified atom stereocenters. The lowest BCUT2D eigenvalue weighted by Gasteiger charge is -2.28. The summed E-state index contributed by atoms with van der Waals surface area (Å²) in [5.41, 5.74) is 6.52. The predicted octanol–water partition coefficient (Wildman–Crippen LogP) is 0.781. The lowest BCUT2D eigenvalue weighted by molar-refractivity contribution is -0.919. The Bertz CT molecular complexity index is 557. The molecular formula is C16H22ClN2O3+. The van der Waals surface area contributed by atoms with Crippen LogP contribution in [0, 0.1) is 5.92 Å². The Morgan fingerprint density at radius 3 is 2.73 bits per heavy atom. The lowest BCUT2D eigenvalue weighted by Crippen LogP contribution is -3.11. The van der Waals surface area contributed by atoms with Gasteiger partial charge < -0.3 is 20.1 Å². The number of benzene rings is 1. The van der Waals surface area contributed by atoms with E-state index in [4.69, 9.17) is 26.8 Å². The number of fused-ring (bicyclic) bond motifs is 1. The van der Waals surface area contributed by atoms with E-state index in [1.807, 2.05) is 12.1 Å². The Hall–Kier alpha value is -1.46. The zero-order valence-electron chi connectivity index (χ0n) is 12.6. The first-order chi connectivity index (χ1) is 10.6. The van der Waals surface area contributed by atoms with Gasteiger partial charge in [-0.15, -0.1) is 0 Å². The van der Waals surface area contributed by atoms with Crippen LogP contribution in [-0.2, 0) is 11.3 Å². The molecule has 3 N–H and O–H groups in total. The summed E-state index contributed by atoms with van der Waals surface area (Å²) in [6.45, 7) is 4.09. The fourth-order valence-electron chi connectivity index (χ4n) is 3.16. The normalized spacial score (nSPS) is 24.6. The maximum Gasteiger partial charge on any atom is 0.220 e. The molecule has 0 saturated carbocycles. The number of amides is 1. The number of ether oxygens (including phenoxy) is 2. The largest absolute Gasteiger partial charge is 0.489 e. The molecule has 1 aromatic carbocycles. The minimum absolute atomic E-state index is 0.0381. The Balaban J connectivity index is 1.67. The Morgan fingerprint density at radius 2 is 2.00 bits per heavy atom. The smallest absolute Gasteiger partial charge is 0.220 e. The second-order valence-electron chi connectivity index (χ2n) is 6.06. The average molecular weight is 326 g/mol. The van der Waals surface area contributed by atoms with Crippen molar-refractivity contribution in [1.82, 2.24) is 0 Å². The molecule has 3 rings (SSSR count). The number of hydrogen-bond donors (Lipinski definition) is 2. The molecular weight excluding hydrogens is 304 g/mol. The Kier molecular flexibility index (Phi) is 4.74. The van der Waals surface area contributed by atoms with Crippen molar-refractivity contribution in [2.75, 3.05) is 26.3 Å². The van der Waals surface area contributed by atoms with E-state index in [1.165, 1.54) is 4.90 Å². The van der Waals surface area contributed by atoms with Crippen molar-refractivity contribution < 1.29 is 19.2 Å². The summed E-state index contributed by atoms with van der Waals surface area (Å²) in [4.78, 5) is 12.7. The summed E-state index contributed by atoms with van der Waals surface area (Å²) in [6.07, 6.45) is 2.60. The maximum atomic E-state index is 11.2. The zero-order chi connectivity index (χ0) is 15.5. The van der Waals surface area contributed by atoms with Gasteiger partial charge in [0.2, 0.25) is 5.91 Å². The SMILES string of the molecule is NC(=O)C1CC[NH+](Cc2cc(Cl)c3c(c2)OCCCO3)CC1. The number of rotatable bonds is 3. The predicted molar refractivity (Wildman–Crippen MR) is 83.4 cm³/mol. The van der Waals surface area contributed by atoms with Gasteiger partial charge in [-0.2, -0.15) is 0 Å². The first-order valence-electron chi connectivity index (χ1n) is 7.84. The number of nitrogens with one attached hydrogen (secondary N) is 1.